The van der Waals surface area contributed by atoms with Gasteiger partial charge < -0.3 is 5.43 Å². The summed E-state index contributed by atoms with van der Waals surface area (Å²) < 4.78 is 1.60. The number of nitrogen functional groups attached to an aromatic ring is 1. The lowest BCUT2D eigenvalue weighted by atomic mass is 10.4. The molecule has 2 aromatic heterocycles. The second kappa shape index (κ2) is 5.06. The van der Waals surface area contributed by atoms with E-state index in [2.05, 4.69) is 30.9 Å². The molecule has 0 spiro atoms. The van der Waals surface area contributed by atoms with Crippen molar-refractivity contribution >= 4 is 17.6 Å². The molecule has 3 N–H and O–H groups in total. The molecule has 0 atom stereocenters. The Hall–Kier alpha value is -1.74. The molecule has 8 nitrogen and oxygen atoms in total. The van der Waals surface area contributed by atoms with Crippen LogP contribution in [0.25, 0.3) is 0 Å². The van der Waals surface area contributed by atoms with E-state index in [9.17, 15) is 0 Å². The minimum absolute atomic E-state index is 0.588. The molecule has 0 aromatic carbocycles. The highest BCUT2D eigenvalue weighted by molar-refractivity contribution is 7.98. The number of nitrogens with two attached hydrogens (primary N) is 1. The summed E-state index contributed by atoms with van der Waals surface area (Å²) >= 11 is 1.47. The molecule has 9 heteroatoms. The molecule has 90 valence electrons. The molecule has 0 saturated heterocycles. The van der Waals surface area contributed by atoms with Crippen LogP contribution in [-0.2, 0) is 12.8 Å². The summed E-state index contributed by atoms with van der Waals surface area (Å²) in [5, 5.41) is 11.9. The fraction of sp³-hybridized carbons (Fsp3) is 0.375. The highest BCUT2D eigenvalue weighted by Gasteiger charge is 2.06. The van der Waals surface area contributed by atoms with Crippen molar-refractivity contribution in [2.24, 2.45) is 12.9 Å². The maximum atomic E-state index is 5.32. The number of hydrazine groups is 1. The van der Waals surface area contributed by atoms with E-state index in [1.54, 1.807) is 17.8 Å². The van der Waals surface area contributed by atoms with E-state index in [-0.39, 0.29) is 0 Å². The molecule has 0 aliphatic carbocycles. The predicted molar refractivity (Wildman–Crippen MR) is 62.9 cm³/mol. The highest BCUT2D eigenvalue weighted by atomic mass is 32.2. The van der Waals surface area contributed by atoms with E-state index >= 15 is 0 Å². The number of aryl methyl sites for hydroxylation is 2. The zero-order valence-electron chi connectivity index (χ0n) is 9.45. The molecule has 2 rings (SSSR count). The monoisotopic (exact) mass is 252 g/mol. The number of rotatable bonds is 4. The second-order valence-corrected chi connectivity index (χ2v) is 4.27. The van der Waals surface area contributed by atoms with Crippen LogP contribution < -0.4 is 11.3 Å². The Bertz CT molecular complexity index is 510. The summed E-state index contributed by atoms with van der Waals surface area (Å²) in [5.41, 5.74) is 3.37. The average molecular weight is 252 g/mol. The highest BCUT2D eigenvalue weighted by Crippen LogP contribution is 2.18. The van der Waals surface area contributed by atoms with Gasteiger partial charge in [-0.1, -0.05) is 11.8 Å². The number of anilines is 1. The fourth-order valence-electron chi connectivity index (χ4n) is 1.24. The maximum absolute atomic E-state index is 5.32. The normalized spacial score (nSPS) is 10.5. The summed E-state index contributed by atoms with van der Waals surface area (Å²) in [6, 6.07) is 1.78. The molecule has 0 bridgehead atoms. The Morgan fingerprint density at radius 2 is 2.29 bits per heavy atom. The Kier molecular flexibility index (Phi) is 3.49. The van der Waals surface area contributed by atoms with Gasteiger partial charge in [-0.25, -0.2) is 20.5 Å². The quantitative estimate of drug-likeness (QED) is 0.441. The maximum Gasteiger partial charge on any atom is 0.209 e. The van der Waals surface area contributed by atoms with E-state index < -0.39 is 0 Å². The van der Waals surface area contributed by atoms with Crippen molar-refractivity contribution in [2.45, 2.75) is 17.8 Å². The summed E-state index contributed by atoms with van der Waals surface area (Å²) in [4.78, 5) is 8.54. The first-order valence-corrected chi connectivity index (χ1v) is 5.84. The topological polar surface area (TPSA) is 107 Å². The Morgan fingerprint density at radius 3 is 2.94 bits per heavy atom. The van der Waals surface area contributed by atoms with Crippen molar-refractivity contribution in [1.29, 1.82) is 0 Å². The lowest BCUT2D eigenvalue weighted by molar-refractivity contribution is 0.664. The van der Waals surface area contributed by atoms with Crippen molar-refractivity contribution in [3.63, 3.8) is 0 Å². The van der Waals surface area contributed by atoms with Gasteiger partial charge in [0.2, 0.25) is 5.16 Å². The van der Waals surface area contributed by atoms with Gasteiger partial charge in [-0.3, -0.25) is 0 Å². The van der Waals surface area contributed by atoms with Crippen LogP contribution >= 0.6 is 11.8 Å². The average Bonchev–Trinajstić information content (AvgIpc) is 2.71. The molecule has 0 fully saturated rings. The molecular weight excluding hydrogens is 240 g/mol. The van der Waals surface area contributed by atoms with E-state index in [1.807, 2.05) is 6.92 Å². The van der Waals surface area contributed by atoms with Crippen LogP contribution in [0, 0.1) is 6.92 Å². The van der Waals surface area contributed by atoms with Crippen LogP contribution in [0.3, 0.4) is 0 Å². The van der Waals surface area contributed by atoms with Gasteiger partial charge in [0.25, 0.3) is 0 Å². The number of nitrogens with one attached hydrogen (secondary N) is 1. The van der Waals surface area contributed by atoms with Gasteiger partial charge >= 0.3 is 0 Å². The summed E-state index contributed by atoms with van der Waals surface area (Å²) in [7, 11) is 1.78. The number of hydrogen-bond acceptors (Lipinski definition) is 8. The Labute approximate surface area is 102 Å². The first kappa shape index (κ1) is 11.7. The SMILES string of the molecule is Cc1cc(NN)nc(CSc2nnnn2C)n1. The minimum atomic E-state index is 0.588. The van der Waals surface area contributed by atoms with Crippen LogP contribution in [0.15, 0.2) is 11.2 Å². The van der Waals surface area contributed by atoms with Crippen molar-refractivity contribution in [3.05, 3.63) is 17.6 Å². The van der Waals surface area contributed by atoms with E-state index in [0.29, 0.717) is 17.4 Å². The largest absolute Gasteiger partial charge is 0.308 e. The summed E-state index contributed by atoms with van der Waals surface area (Å²) in [5.74, 6) is 7.19. The van der Waals surface area contributed by atoms with Gasteiger partial charge in [0.15, 0.2) is 0 Å². The van der Waals surface area contributed by atoms with Crippen LogP contribution in [0.1, 0.15) is 11.5 Å². The van der Waals surface area contributed by atoms with Gasteiger partial charge in [0.1, 0.15) is 11.6 Å². The van der Waals surface area contributed by atoms with Crippen LogP contribution in [0.4, 0.5) is 5.82 Å². The van der Waals surface area contributed by atoms with Gasteiger partial charge in [0.05, 0.1) is 5.75 Å². The van der Waals surface area contributed by atoms with Gasteiger partial charge in [0, 0.05) is 18.8 Å². The second-order valence-electron chi connectivity index (χ2n) is 3.33. The van der Waals surface area contributed by atoms with Crippen molar-refractivity contribution in [2.75, 3.05) is 5.43 Å². The summed E-state index contributed by atoms with van der Waals surface area (Å²) in [6.45, 7) is 1.89. The van der Waals surface area contributed by atoms with E-state index in [4.69, 9.17) is 5.84 Å². The molecule has 0 radical (unpaired) electrons. The Morgan fingerprint density at radius 1 is 1.47 bits per heavy atom. The van der Waals surface area contributed by atoms with Crippen LogP contribution in [-0.4, -0.2) is 30.2 Å². The number of hydrogen-bond donors (Lipinski definition) is 2. The molecule has 2 aromatic rings. The number of nitrogens with zero attached hydrogens (tertiary/aromatic N) is 6. The molecule has 0 aliphatic rings. The molecule has 0 saturated carbocycles. The molecule has 0 unspecified atom stereocenters. The molecule has 17 heavy (non-hydrogen) atoms. The minimum Gasteiger partial charge on any atom is -0.308 e. The van der Waals surface area contributed by atoms with Crippen molar-refractivity contribution in [1.82, 2.24) is 30.2 Å². The first-order valence-electron chi connectivity index (χ1n) is 4.85. The third-order valence-corrected chi connectivity index (χ3v) is 2.97. The lowest BCUT2D eigenvalue weighted by Gasteiger charge is -2.04. The Balaban J connectivity index is 2.09. The zero-order chi connectivity index (χ0) is 12.3. The molecule has 0 aliphatic heterocycles. The van der Waals surface area contributed by atoms with Crippen LogP contribution in [0.5, 0.6) is 0 Å². The molecular formula is C8H12N8S. The number of thioether (sulfide) groups is 1. The zero-order valence-corrected chi connectivity index (χ0v) is 10.3. The number of aromatic nitrogens is 6. The van der Waals surface area contributed by atoms with E-state index in [0.717, 1.165) is 10.9 Å². The molecule has 0 amide bonds. The number of tetrazole rings is 1. The standard InChI is InChI=1S/C8H12N8S/c1-5-3-6(12-9)11-7(10-5)4-17-8-13-14-15-16(8)2/h3H,4,9H2,1-2H3,(H,10,11,12). The molecule has 2 heterocycles. The smallest absolute Gasteiger partial charge is 0.209 e. The summed E-state index contributed by atoms with van der Waals surface area (Å²) in [6.07, 6.45) is 0. The fourth-order valence-corrected chi connectivity index (χ4v) is 1.95. The van der Waals surface area contributed by atoms with Crippen LogP contribution in [0.2, 0.25) is 0 Å². The van der Waals surface area contributed by atoms with Gasteiger partial charge in [-0.05, 0) is 17.4 Å². The van der Waals surface area contributed by atoms with Gasteiger partial charge in [-0.2, -0.15) is 0 Å². The van der Waals surface area contributed by atoms with E-state index in [1.165, 1.54) is 11.8 Å². The first-order chi connectivity index (χ1) is 8.19. The third-order valence-electron chi connectivity index (χ3n) is 1.96. The lowest BCUT2D eigenvalue weighted by Crippen LogP contribution is -2.10. The predicted octanol–water partition coefficient (Wildman–Crippen LogP) is -0.114. The van der Waals surface area contributed by atoms with Gasteiger partial charge in [-0.15, -0.1) is 5.10 Å². The van der Waals surface area contributed by atoms with Crippen molar-refractivity contribution in [3.8, 4) is 0 Å². The van der Waals surface area contributed by atoms with Crippen molar-refractivity contribution < 1.29 is 0 Å². The third kappa shape index (κ3) is 2.88.